The first kappa shape index (κ1) is 14.5. The van der Waals surface area contributed by atoms with Gasteiger partial charge in [-0.3, -0.25) is 4.72 Å². The van der Waals surface area contributed by atoms with Crippen molar-refractivity contribution in [2.45, 2.75) is 26.8 Å². The minimum absolute atomic E-state index is 0.0494. The predicted octanol–water partition coefficient (Wildman–Crippen LogP) is 1.35. The molecule has 7 heteroatoms. The number of nitrogens with one attached hydrogen (secondary N) is 2. The summed E-state index contributed by atoms with van der Waals surface area (Å²) in [5.41, 5.74) is 0.495. The number of aromatic carboxylic acids is 1. The highest BCUT2D eigenvalue weighted by molar-refractivity contribution is 7.90. The zero-order valence-corrected chi connectivity index (χ0v) is 11.2. The molecule has 0 aliphatic carbocycles. The maximum atomic E-state index is 11.7. The molecule has 0 unspecified atom stereocenters. The van der Waals surface area contributed by atoms with Gasteiger partial charge in [-0.25, -0.2) is 4.79 Å². The van der Waals surface area contributed by atoms with Crippen molar-refractivity contribution >= 4 is 21.9 Å². The summed E-state index contributed by atoms with van der Waals surface area (Å²) in [5.74, 6) is -1.17. The topological polar surface area (TPSA) is 95.5 Å². The van der Waals surface area contributed by atoms with Gasteiger partial charge in [0.1, 0.15) is 0 Å². The number of carboxylic acid groups (broad SMARTS) is 1. The van der Waals surface area contributed by atoms with Gasteiger partial charge < -0.3 is 5.11 Å². The molecular weight excluding hydrogens is 256 g/mol. The second kappa shape index (κ2) is 5.36. The van der Waals surface area contributed by atoms with Crippen LogP contribution >= 0.6 is 0 Å². The fourth-order valence-electron chi connectivity index (χ4n) is 1.52. The third-order valence-corrected chi connectivity index (χ3v) is 3.39. The molecule has 0 amide bonds. The van der Waals surface area contributed by atoms with Gasteiger partial charge in [0.05, 0.1) is 11.3 Å². The van der Waals surface area contributed by atoms with Gasteiger partial charge in [0.2, 0.25) is 0 Å². The van der Waals surface area contributed by atoms with Crippen molar-refractivity contribution in [3.63, 3.8) is 0 Å². The lowest BCUT2D eigenvalue weighted by Crippen LogP contribution is -2.35. The molecule has 0 aliphatic heterocycles. The lowest BCUT2D eigenvalue weighted by Gasteiger charge is -2.14. The van der Waals surface area contributed by atoms with E-state index in [0.29, 0.717) is 5.56 Å². The van der Waals surface area contributed by atoms with Gasteiger partial charge >= 0.3 is 5.97 Å². The maximum absolute atomic E-state index is 11.7. The quantitative estimate of drug-likeness (QED) is 0.754. The van der Waals surface area contributed by atoms with Crippen LogP contribution in [0.3, 0.4) is 0 Å². The van der Waals surface area contributed by atoms with Crippen LogP contribution in [0.15, 0.2) is 18.2 Å². The zero-order valence-electron chi connectivity index (χ0n) is 10.4. The van der Waals surface area contributed by atoms with Gasteiger partial charge in [0.25, 0.3) is 10.2 Å². The molecule has 1 aromatic rings. The van der Waals surface area contributed by atoms with E-state index >= 15 is 0 Å². The van der Waals surface area contributed by atoms with Crippen LogP contribution in [0.5, 0.6) is 0 Å². The maximum Gasteiger partial charge on any atom is 0.338 e. The van der Waals surface area contributed by atoms with Crippen LogP contribution in [0.1, 0.15) is 29.8 Å². The number of anilines is 1. The van der Waals surface area contributed by atoms with E-state index in [1.54, 1.807) is 32.9 Å². The lowest BCUT2D eigenvalue weighted by atomic mass is 10.1. The van der Waals surface area contributed by atoms with Crippen LogP contribution in [0.25, 0.3) is 0 Å². The van der Waals surface area contributed by atoms with Crippen LogP contribution in [0.4, 0.5) is 5.69 Å². The molecule has 0 fully saturated rings. The van der Waals surface area contributed by atoms with Crippen LogP contribution in [-0.4, -0.2) is 25.5 Å². The van der Waals surface area contributed by atoms with Crippen LogP contribution in [0, 0.1) is 6.92 Å². The molecule has 0 atom stereocenters. The van der Waals surface area contributed by atoms with E-state index < -0.39 is 16.2 Å². The van der Waals surface area contributed by atoms with Gasteiger partial charge in [-0.15, -0.1) is 0 Å². The minimum Gasteiger partial charge on any atom is -0.478 e. The highest BCUT2D eigenvalue weighted by atomic mass is 32.2. The molecule has 3 N–H and O–H groups in total. The van der Waals surface area contributed by atoms with Crippen molar-refractivity contribution in [1.29, 1.82) is 0 Å². The number of hydrogen-bond acceptors (Lipinski definition) is 3. The molecule has 1 rings (SSSR count). The van der Waals surface area contributed by atoms with E-state index in [1.165, 1.54) is 6.07 Å². The number of hydrogen-bond donors (Lipinski definition) is 3. The first-order valence-corrected chi connectivity index (χ1v) is 6.84. The summed E-state index contributed by atoms with van der Waals surface area (Å²) in [7, 11) is -3.77. The smallest absolute Gasteiger partial charge is 0.338 e. The molecule has 0 radical (unpaired) electrons. The Bertz CT molecular complexity index is 552. The molecule has 0 heterocycles. The summed E-state index contributed by atoms with van der Waals surface area (Å²) >= 11 is 0. The lowest BCUT2D eigenvalue weighted by molar-refractivity contribution is 0.0697. The molecule has 0 bridgehead atoms. The number of rotatable bonds is 5. The Morgan fingerprint density at radius 2 is 1.94 bits per heavy atom. The number of benzene rings is 1. The van der Waals surface area contributed by atoms with Crippen molar-refractivity contribution in [2.75, 3.05) is 4.72 Å². The number of aryl methyl sites for hydroxylation is 1. The van der Waals surface area contributed by atoms with Crippen LogP contribution in [-0.2, 0) is 10.2 Å². The monoisotopic (exact) mass is 272 g/mol. The summed E-state index contributed by atoms with van der Waals surface area (Å²) in [6, 6.07) is 4.34. The molecule has 0 aliphatic rings. The van der Waals surface area contributed by atoms with Gasteiger partial charge in [-0.1, -0.05) is 12.1 Å². The van der Waals surface area contributed by atoms with Crippen molar-refractivity contribution in [1.82, 2.24) is 4.72 Å². The van der Waals surface area contributed by atoms with Gasteiger partial charge in [-0.2, -0.15) is 13.1 Å². The van der Waals surface area contributed by atoms with Gasteiger partial charge in [-0.05, 0) is 32.4 Å². The molecular formula is C11H16N2O4S. The van der Waals surface area contributed by atoms with E-state index in [0.717, 1.165) is 0 Å². The molecule has 18 heavy (non-hydrogen) atoms. The summed E-state index contributed by atoms with van der Waals surface area (Å²) in [6.07, 6.45) is 0. The summed E-state index contributed by atoms with van der Waals surface area (Å²) in [5, 5.41) is 9.07. The summed E-state index contributed by atoms with van der Waals surface area (Å²) in [4.78, 5) is 11.1. The Balaban J connectivity index is 3.13. The summed E-state index contributed by atoms with van der Waals surface area (Å²) in [6.45, 7) is 4.96. The molecule has 0 saturated carbocycles. The molecule has 6 nitrogen and oxygen atoms in total. The largest absolute Gasteiger partial charge is 0.478 e. The van der Waals surface area contributed by atoms with Crippen molar-refractivity contribution in [2.24, 2.45) is 0 Å². The van der Waals surface area contributed by atoms with Crippen molar-refractivity contribution < 1.29 is 18.3 Å². The minimum atomic E-state index is -3.77. The normalized spacial score (nSPS) is 11.6. The van der Waals surface area contributed by atoms with E-state index in [4.69, 9.17) is 5.11 Å². The SMILES string of the molecule is Cc1cccc(NS(=O)(=O)NC(C)C)c1C(=O)O. The molecule has 0 spiro atoms. The predicted molar refractivity (Wildman–Crippen MR) is 69.0 cm³/mol. The van der Waals surface area contributed by atoms with E-state index in [1.807, 2.05) is 0 Å². The van der Waals surface area contributed by atoms with E-state index in [2.05, 4.69) is 9.44 Å². The Morgan fingerprint density at radius 1 is 1.33 bits per heavy atom. The number of carbonyl (C=O) groups is 1. The Morgan fingerprint density at radius 3 is 2.44 bits per heavy atom. The highest BCUT2D eigenvalue weighted by Gasteiger charge is 2.18. The Kier molecular flexibility index (Phi) is 4.31. The van der Waals surface area contributed by atoms with Gasteiger partial charge in [0, 0.05) is 6.04 Å². The van der Waals surface area contributed by atoms with Gasteiger partial charge in [0.15, 0.2) is 0 Å². The highest BCUT2D eigenvalue weighted by Crippen LogP contribution is 2.20. The molecule has 100 valence electrons. The average molecular weight is 272 g/mol. The average Bonchev–Trinajstić information content (AvgIpc) is 2.13. The second-order valence-corrected chi connectivity index (χ2v) is 5.63. The molecule has 0 saturated heterocycles. The zero-order chi connectivity index (χ0) is 13.9. The number of carboxylic acids is 1. The fourth-order valence-corrected chi connectivity index (χ4v) is 2.66. The Hall–Kier alpha value is -1.60. The third-order valence-electron chi connectivity index (χ3n) is 2.12. The first-order chi connectivity index (χ1) is 8.23. The fraction of sp³-hybridized carbons (Fsp3) is 0.364. The Labute approximate surface area is 106 Å². The van der Waals surface area contributed by atoms with Crippen LogP contribution in [0.2, 0.25) is 0 Å². The van der Waals surface area contributed by atoms with E-state index in [9.17, 15) is 13.2 Å². The van der Waals surface area contributed by atoms with Crippen LogP contribution < -0.4 is 9.44 Å². The molecule has 1 aromatic carbocycles. The van der Waals surface area contributed by atoms with Crippen molar-refractivity contribution in [3.05, 3.63) is 29.3 Å². The second-order valence-electron chi connectivity index (χ2n) is 4.18. The molecule has 0 aromatic heterocycles. The third kappa shape index (κ3) is 3.71. The van der Waals surface area contributed by atoms with Crippen molar-refractivity contribution in [3.8, 4) is 0 Å². The van der Waals surface area contributed by atoms with E-state index in [-0.39, 0.29) is 17.3 Å². The standard InChI is InChI=1S/C11H16N2O4S/c1-7(2)12-18(16,17)13-9-6-4-5-8(3)10(9)11(14)15/h4-7,12-13H,1-3H3,(H,14,15). The summed E-state index contributed by atoms with van der Waals surface area (Å²) < 4.78 is 27.9. The first-order valence-electron chi connectivity index (χ1n) is 5.36.